The van der Waals surface area contributed by atoms with Crippen LogP contribution in [0.4, 0.5) is 11.4 Å². The van der Waals surface area contributed by atoms with Crippen LogP contribution in [0.2, 0.25) is 0 Å². The van der Waals surface area contributed by atoms with Crippen molar-refractivity contribution >= 4 is 40.4 Å². The van der Waals surface area contributed by atoms with Gasteiger partial charge in [0, 0.05) is 30.0 Å². The lowest BCUT2D eigenvalue weighted by atomic mass is 9.97. The monoisotopic (exact) mass is 462 g/mol. The van der Waals surface area contributed by atoms with E-state index < -0.39 is 0 Å². The molecule has 1 aliphatic rings. The number of carbonyl (C=O) groups excluding carboxylic acids is 3. The topological polar surface area (TPSA) is 105 Å². The SMILES string of the molecule is NC(=O)C1CCCN(Cc2ccc(NC(=O)c3ccc(NC(=O)c4cccs4)cc3)cc2)C1. The van der Waals surface area contributed by atoms with Crippen LogP contribution in [-0.2, 0) is 11.3 Å². The highest BCUT2D eigenvalue weighted by Crippen LogP contribution is 2.20. The van der Waals surface area contributed by atoms with Gasteiger partial charge >= 0.3 is 0 Å². The number of primary amides is 1. The van der Waals surface area contributed by atoms with Gasteiger partial charge in [-0.05, 0) is 72.8 Å². The predicted molar refractivity (Wildman–Crippen MR) is 130 cm³/mol. The zero-order valence-corrected chi connectivity index (χ0v) is 18.9. The van der Waals surface area contributed by atoms with Gasteiger partial charge < -0.3 is 16.4 Å². The van der Waals surface area contributed by atoms with E-state index in [9.17, 15) is 14.4 Å². The molecule has 4 N–H and O–H groups in total. The molecule has 33 heavy (non-hydrogen) atoms. The normalized spacial score (nSPS) is 16.2. The van der Waals surface area contributed by atoms with E-state index >= 15 is 0 Å². The lowest BCUT2D eigenvalue weighted by Gasteiger charge is -2.31. The van der Waals surface area contributed by atoms with Crippen molar-refractivity contribution in [2.75, 3.05) is 23.7 Å². The van der Waals surface area contributed by atoms with Gasteiger partial charge in [-0.3, -0.25) is 19.3 Å². The number of amides is 3. The molecule has 1 unspecified atom stereocenters. The Hall–Kier alpha value is -3.49. The number of likely N-dealkylation sites (tertiary alicyclic amines) is 1. The van der Waals surface area contributed by atoms with E-state index in [2.05, 4.69) is 15.5 Å². The van der Waals surface area contributed by atoms with Crippen LogP contribution >= 0.6 is 11.3 Å². The molecule has 7 nitrogen and oxygen atoms in total. The van der Waals surface area contributed by atoms with Crippen LogP contribution in [0, 0.1) is 5.92 Å². The van der Waals surface area contributed by atoms with E-state index in [-0.39, 0.29) is 23.6 Å². The fourth-order valence-corrected chi connectivity index (χ4v) is 4.51. The molecule has 1 fully saturated rings. The van der Waals surface area contributed by atoms with Gasteiger partial charge in [-0.15, -0.1) is 11.3 Å². The lowest BCUT2D eigenvalue weighted by molar-refractivity contribution is -0.123. The van der Waals surface area contributed by atoms with Crippen LogP contribution in [0.5, 0.6) is 0 Å². The molecule has 2 aromatic carbocycles. The molecule has 3 amide bonds. The van der Waals surface area contributed by atoms with Crippen molar-refractivity contribution in [1.29, 1.82) is 0 Å². The molecule has 2 heterocycles. The van der Waals surface area contributed by atoms with E-state index in [4.69, 9.17) is 5.73 Å². The molecule has 0 radical (unpaired) electrons. The Labute approximate surface area is 196 Å². The molecule has 0 spiro atoms. The second-order valence-electron chi connectivity index (χ2n) is 8.14. The number of nitrogens with zero attached hydrogens (tertiary/aromatic N) is 1. The van der Waals surface area contributed by atoms with Crippen LogP contribution in [0.15, 0.2) is 66.0 Å². The van der Waals surface area contributed by atoms with Crippen LogP contribution in [0.3, 0.4) is 0 Å². The zero-order valence-electron chi connectivity index (χ0n) is 18.1. The quantitative estimate of drug-likeness (QED) is 0.494. The minimum absolute atomic E-state index is 0.0762. The molecule has 1 saturated heterocycles. The molecular weight excluding hydrogens is 436 g/mol. The Morgan fingerprint density at radius 3 is 2.24 bits per heavy atom. The summed E-state index contributed by atoms with van der Waals surface area (Å²) >= 11 is 1.37. The van der Waals surface area contributed by atoms with E-state index in [0.717, 1.165) is 31.5 Å². The van der Waals surface area contributed by atoms with E-state index in [1.165, 1.54) is 11.3 Å². The van der Waals surface area contributed by atoms with Gasteiger partial charge in [-0.2, -0.15) is 0 Å². The minimum atomic E-state index is -0.226. The summed E-state index contributed by atoms with van der Waals surface area (Å²) in [6.45, 7) is 2.39. The van der Waals surface area contributed by atoms with Crippen LogP contribution in [-0.4, -0.2) is 35.7 Å². The van der Waals surface area contributed by atoms with E-state index in [1.54, 1.807) is 30.3 Å². The maximum Gasteiger partial charge on any atom is 0.265 e. The van der Waals surface area contributed by atoms with Crippen LogP contribution in [0.1, 0.15) is 38.4 Å². The molecule has 4 rings (SSSR count). The number of piperidine rings is 1. The van der Waals surface area contributed by atoms with Crippen LogP contribution in [0.25, 0.3) is 0 Å². The summed E-state index contributed by atoms with van der Waals surface area (Å²) < 4.78 is 0. The number of carbonyl (C=O) groups is 3. The number of nitrogens with one attached hydrogen (secondary N) is 2. The maximum absolute atomic E-state index is 12.6. The van der Waals surface area contributed by atoms with Crippen LogP contribution < -0.4 is 16.4 Å². The molecule has 1 aliphatic heterocycles. The van der Waals surface area contributed by atoms with E-state index in [0.29, 0.717) is 28.4 Å². The molecule has 3 aromatic rings. The Kier molecular flexibility index (Phi) is 7.16. The smallest absolute Gasteiger partial charge is 0.265 e. The van der Waals surface area contributed by atoms with E-state index in [1.807, 2.05) is 35.7 Å². The summed E-state index contributed by atoms with van der Waals surface area (Å²) in [5.41, 5.74) is 8.41. The van der Waals surface area contributed by atoms with Gasteiger partial charge in [0.1, 0.15) is 0 Å². The van der Waals surface area contributed by atoms with Crippen molar-refractivity contribution in [3.8, 4) is 0 Å². The molecule has 0 saturated carbocycles. The highest BCUT2D eigenvalue weighted by molar-refractivity contribution is 7.12. The van der Waals surface area contributed by atoms with Crippen molar-refractivity contribution in [2.45, 2.75) is 19.4 Å². The summed E-state index contributed by atoms with van der Waals surface area (Å²) in [4.78, 5) is 39.1. The van der Waals surface area contributed by atoms with Gasteiger partial charge in [0.25, 0.3) is 11.8 Å². The highest BCUT2D eigenvalue weighted by Gasteiger charge is 2.23. The number of hydrogen-bond acceptors (Lipinski definition) is 5. The molecule has 0 aliphatic carbocycles. The highest BCUT2D eigenvalue weighted by atomic mass is 32.1. The standard InChI is InChI=1S/C25H26N4O3S/c26-23(30)19-3-1-13-29(16-19)15-17-5-9-20(10-6-17)27-24(31)18-7-11-21(12-8-18)28-25(32)22-4-2-14-33-22/h2,4-12,14,19H,1,3,13,15-16H2,(H2,26,30)(H,27,31)(H,28,32). The Balaban J connectivity index is 1.30. The first kappa shape index (κ1) is 22.7. The number of anilines is 2. The van der Waals surface area contributed by atoms with Crippen molar-refractivity contribution in [3.63, 3.8) is 0 Å². The average molecular weight is 463 g/mol. The third-order valence-electron chi connectivity index (χ3n) is 5.68. The average Bonchev–Trinajstić information content (AvgIpc) is 3.36. The summed E-state index contributed by atoms with van der Waals surface area (Å²) in [5, 5.41) is 7.56. The third-order valence-corrected chi connectivity index (χ3v) is 6.54. The molecule has 1 aromatic heterocycles. The van der Waals surface area contributed by atoms with Gasteiger partial charge in [0.05, 0.1) is 10.8 Å². The van der Waals surface area contributed by atoms with Gasteiger partial charge in [-0.1, -0.05) is 18.2 Å². The van der Waals surface area contributed by atoms with Gasteiger partial charge in [-0.25, -0.2) is 0 Å². The Bertz CT molecular complexity index is 1110. The first-order valence-electron chi connectivity index (χ1n) is 10.8. The second-order valence-corrected chi connectivity index (χ2v) is 9.08. The number of thiophene rings is 1. The maximum atomic E-state index is 12.6. The van der Waals surface area contributed by atoms with Crippen molar-refractivity contribution < 1.29 is 14.4 Å². The first-order valence-corrected chi connectivity index (χ1v) is 11.7. The number of nitrogens with two attached hydrogens (primary N) is 1. The molecular formula is C25H26N4O3S. The first-order chi connectivity index (χ1) is 16.0. The summed E-state index contributed by atoms with van der Waals surface area (Å²) in [6.07, 6.45) is 1.83. The van der Waals surface area contributed by atoms with Crippen molar-refractivity contribution in [3.05, 3.63) is 82.0 Å². The summed E-state index contributed by atoms with van der Waals surface area (Å²) in [7, 11) is 0. The molecule has 170 valence electrons. The number of hydrogen-bond donors (Lipinski definition) is 3. The predicted octanol–water partition coefficient (Wildman–Crippen LogP) is 3.95. The fraction of sp³-hybridized carbons (Fsp3) is 0.240. The Morgan fingerprint density at radius 1 is 0.939 bits per heavy atom. The van der Waals surface area contributed by atoms with Gasteiger partial charge in [0.15, 0.2) is 0 Å². The number of rotatable bonds is 7. The fourth-order valence-electron chi connectivity index (χ4n) is 3.89. The second kappa shape index (κ2) is 10.4. The molecule has 0 bridgehead atoms. The largest absolute Gasteiger partial charge is 0.369 e. The molecule has 8 heteroatoms. The Morgan fingerprint density at radius 2 is 1.61 bits per heavy atom. The van der Waals surface area contributed by atoms with Crippen molar-refractivity contribution in [1.82, 2.24) is 4.90 Å². The minimum Gasteiger partial charge on any atom is -0.369 e. The zero-order chi connectivity index (χ0) is 23.2. The molecule has 1 atom stereocenters. The lowest BCUT2D eigenvalue weighted by Crippen LogP contribution is -2.40. The number of benzene rings is 2. The van der Waals surface area contributed by atoms with Gasteiger partial charge in [0.2, 0.25) is 5.91 Å². The van der Waals surface area contributed by atoms with Crippen molar-refractivity contribution in [2.24, 2.45) is 11.7 Å². The summed E-state index contributed by atoms with van der Waals surface area (Å²) in [6, 6.07) is 18.1. The summed E-state index contributed by atoms with van der Waals surface area (Å²) in [5.74, 6) is -0.695. The third kappa shape index (κ3) is 6.06.